The minimum Gasteiger partial charge on any atom is -0.467 e. The maximum absolute atomic E-state index is 12.6. The molecule has 0 bridgehead atoms. The van der Waals surface area contributed by atoms with E-state index in [4.69, 9.17) is 4.42 Å². The van der Waals surface area contributed by atoms with Gasteiger partial charge in [-0.05, 0) is 38.0 Å². The van der Waals surface area contributed by atoms with E-state index >= 15 is 0 Å². The summed E-state index contributed by atoms with van der Waals surface area (Å²) in [6, 6.07) is 5.45. The van der Waals surface area contributed by atoms with Crippen molar-refractivity contribution in [2.75, 3.05) is 11.4 Å². The maximum atomic E-state index is 12.6. The lowest BCUT2D eigenvalue weighted by atomic mass is 10.2. The molecular weight excluding hydrogens is 306 g/mol. The van der Waals surface area contributed by atoms with Crippen molar-refractivity contribution in [3.63, 3.8) is 0 Å². The summed E-state index contributed by atoms with van der Waals surface area (Å²) < 4.78 is 7.08. The average Bonchev–Trinajstić information content (AvgIpc) is 3.31. The van der Waals surface area contributed by atoms with Crippen LogP contribution in [0.25, 0.3) is 5.52 Å². The number of carbonyl (C=O) groups is 1. The molecule has 0 aromatic carbocycles. The number of fused-ring (bicyclic) bond motifs is 1. The molecule has 1 aliphatic heterocycles. The molecule has 1 atom stereocenters. The summed E-state index contributed by atoms with van der Waals surface area (Å²) >= 11 is 0. The first kappa shape index (κ1) is 14.7. The van der Waals surface area contributed by atoms with E-state index in [9.17, 15) is 4.79 Å². The van der Waals surface area contributed by atoms with Crippen molar-refractivity contribution in [3.05, 3.63) is 48.3 Å². The Bertz CT molecular complexity index is 855. The Balaban J connectivity index is 1.56. The van der Waals surface area contributed by atoms with E-state index in [1.165, 1.54) is 0 Å². The minimum absolute atomic E-state index is 0.00365. The fourth-order valence-electron chi connectivity index (χ4n) is 3.25. The standard InChI is InChI=1S/C17H19N5O2/c1-12-10-15-16(18-6-8-22(15)20-12)21-7-2-5-14(21)17(23)19-11-13-4-3-9-24-13/h3-4,6,8-10,14H,2,5,7,11H2,1H3,(H,19,23). The van der Waals surface area contributed by atoms with E-state index in [0.717, 1.165) is 42.2 Å². The number of anilines is 1. The number of nitrogens with zero attached hydrogens (tertiary/aromatic N) is 4. The molecule has 4 heterocycles. The number of amides is 1. The van der Waals surface area contributed by atoms with Gasteiger partial charge in [0.2, 0.25) is 5.91 Å². The van der Waals surface area contributed by atoms with Gasteiger partial charge in [-0.3, -0.25) is 4.79 Å². The Kier molecular flexibility index (Phi) is 3.68. The van der Waals surface area contributed by atoms with Gasteiger partial charge in [-0.1, -0.05) is 0 Å². The van der Waals surface area contributed by atoms with E-state index < -0.39 is 0 Å². The van der Waals surface area contributed by atoms with Crippen LogP contribution in [0.5, 0.6) is 0 Å². The van der Waals surface area contributed by atoms with Gasteiger partial charge in [0.25, 0.3) is 0 Å². The third-order valence-electron chi connectivity index (χ3n) is 4.34. The zero-order valence-electron chi connectivity index (χ0n) is 13.5. The predicted molar refractivity (Wildman–Crippen MR) is 88.6 cm³/mol. The van der Waals surface area contributed by atoms with Gasteiger partial charge in [-0.25, -0.2) is 9.50 Å². The Morgan fingerprint density at radius 3 is 3.25 bits per heavy atom. The van der Waals surface area contributed by atoms with E-state index in [1.54, 1.807) is 12.5 Å². The first-order chi connectivity index (χ1) is 11.7. The average molecular weight is 325 g/mol. The van der Waals surface area contributed by atoms with Gasteiger partial charge in [0.15, 0.2) is 5.82 Å². The van der Waals surface area contributed by atoms with Crippen molar-refractivity contribution in [3.8, 4) is 0 Å². The summed E-state index contributed by atoms with van der Waals surface area (Å²) in [6.45, 7) is 3.17. The van der Waals surface area contributed by atoms with Crippen molar-refractivity contribution < 1.29 is 9.21 Å². The molecule has 0 saturated carbocycles. The van der Waals surface area contributed by atoms with Crippen molar-refractivity contribution in [2.24, 2.45) is 0 Å². The molecule has 1 unspecified atom stereocenters. The van der Waals surface area contributed by atoms with Crippen LogP contribution in [-0.4, -0.2) is 33.1 Å². The monoisotopic (exact) mass is 325 g/mol. The molecule has 124 valence electrons. The number of rotatable bonds is 4. The summed E-state index contributed by atoms with van der Waals surface area (Å²) in [5.74, 6) is 1.57. The van der Waals surface area contributed by atoms with E-state index in [-0.39, 0.29) is 11.9 Å². The molecule has 1 fully saturated rings. The molecule has 1 aliphatic rings. The van der Waals surface area contributed by atoms with Crippen molar-refractivity contribution in [1.82, 2.24) is 19.9 Å². The third kappa shape index (κ3) is 2.62. The van der Waals surface area contributed by atoms with Crippen LogP contribution in [0.3, 0.4) is 0 Å². The van der Waals surface area contributed by atoms with Crippen molar-refractivity contribution in [1.29, 1.82) is 0 Å². The lowest BCUT2D eigenvalue weighted by Gasteiger charge is -2.25. The fraction of sp³-hybridized carbons (Fsp3) is 0.353. The molecule has 1 amide bonds. The van der Waals surface area contributed by atoms with Crippen molar-refractivity contribution in [2.45, 2.75) is 32.4 Å². The third-order valence-corrected chi connectivity index (χ3v) is 4.34. The van der Waals surface area contributed by atoms with Gasteiger partial charge in [0.1, 0.15) is 17.3 Å². The quantitative estimate of drug-likeness (QED) is 0.793. The van der Waals surface area contributed by atoms with Crippen molar-refractivity contribution >= 4 is 17.2 Å². The zero-order chi connectivity index (χ0) is 16.5. The van der Waals surface area contributed by atoms with Gasteiger partial charge in [0, 0.05) is 18.9 Å². The van der Waals surface area contributed by atoms with Gasteiger partial charge >= 0.3 is 0 Å². The van der Waals surface area contributed by atoms with Crippen LogP contribution in [-0.2, 0) is 11.3 Å². The molecule has 1 N–H and O–H groups in total. The predicted octanol–water partition coefficient (Wildman–Crippen LogP) is 1.92. The second kappa shape index (κ2) is 5.99. The lowest BCUT2D eigenvalue weighted by Crippen LogP contribution is -2.43. The topological polar surface area (TPSA) is 75.7 Å². The van der Waals surface area contributed by atoms with E-state index in [1.807, 2.05) is 35.8 Å². The number of furan rings is 1. The highest BCUT2D eigenvalue weighted by Crippen LogP contribution is 2.27. The number of hydrogen-bond acceptors (Lipinski definition) is 5. The molecule has 7 nitrogen and oxygen atoms in total. The Morgan fingerprint density at radius 2 is 2.42 bits per heavy atom. The van der Waals surface area contributed by atoms with Crippen LogP contribution in [0.15, 0.2) is 41.3 Å². The number of carbonyl (C=O) groups excluding carboxylic acids is 1. The molecule has 24 heavy (non-hydrogen) atoms. The molecule has 0 spiro atoms. The Morgan fingerprint density at radius 1 is 1.50 bits per heavy atom. The molecule has 3 aromatic rings. The molecule has 0 radical (unpaired) electrons. The van der Waals surface area contributed by atoms with Crippen LogP contribution in [0.2, 0.25) is 0 Å². The highest BCUT2D eigenvalue weighted by Gasteiger charge is 2.32. The molecule has 4 rings (SSSR count). The molecule has 1 saturated heterocycles. The zero-order valence-corrected chi connectivity index (χ0v) is 13.5. The molecule has 3 aromatic heterocycles. The second-order valence-electron chi connectivity index (χ2n) is 6.01. The smallest absolute Gasteiger partial charge is 0.243 e. The molecular formula is C17H19N5O2. The van der Waals surface area contributed by atoms with Crippen LogP contribution in [0, 0.1) is 6.92 Å². The lowest BCUT2D eigenvalue weighted by molar-refractivity contribution is -0.122. The number of aromatic nitrogens is 3. The fourth-order valence-corrected chi connectivity index (χ4v) is 3.25. The molecule has 0 aliphatic carbocycles. The Labute approximate surface area is 139 Å². The van der Waals surface area contributed by atoms with Crippen LogP contribution in [0.1, 0.15) is 24.3 Å². The first-order valence-electron chi connectivity index (χ1n) is 8.10. The summed E-state index contributed by atoms with van der Waals surface area (Å²) in [4.78, 5) is 19.2. The normalized spacial score (nSPS) is 17.5. The van der Waals surface area contributed by atoms with E-state index in [0.29, 0.717) is 6.54 Å². The summed E-state index contributed by atoms with van der Waals surface area (Å²) in [5, 5.41) is 7.38. The highest BCUT2D eigenvalue weighted by molar-refractivity contribution is 5.87. The van der Waals surface area contributed by atoms with Gasteiger partial charge in [0.05, 0.1) is 18.5 Å². The summed E-state index contributed by atoms with van der Waals surface area (Å²) in [7, 11) is 0. The minimum atomic E-state index is -0.214. The van der Waals surface area contributed by atoms with Crippen LogP contribution in [0.4, 0.5) is 5.82 Å². The van der Waals surface area contributed by atoms with Gasteiger partial charge in [-0.2, -0.15) is 5.10 Å². The maximum Gasteiger partial charge on any atom is 0.243 e. The number of aryl methyl sites for hydroxylation is 1. The summed E-state index contributed by atoms with van der Waals surface area (Å²) in [5.41, 5.74) is 1.86. The SMILES string of the molecule is Cc1cc2c(N3CCCC3C(=O)NCc3ccco3)nccn2n1. The first-order valence-corrected chi connectivity index (χ1v) is 8.10. The van der Waals surface area contributed by atoms with Crippen LogP contribution >= 0.6 is 0 Å². The molecule has 7 heteroatoms. The van der Waals surface area contributed by atoms with Gasteiger partial charge < -0.3 is 14.6 Å². The van der Waals surface area contributed by atoms with Gasteiger partial charge in [-0.15, -0.1) is 0 Å². The number of nitrogens with one attached hydrogen (secondary N) is 1. The second-order valence-corrected chi connectivity index (χ2v) is 6.01. The largest absolute Gasteiger partial charge is 0.467 e. The Hall–Kier alpha value is -2.83. The van der Waals surface area contributed by atoms with E-state index in [2.05, 4.69) is 20.3 Å². The summed E-state index contributed by atoms with van der Waals surface area (Å²) in [6.07, 6.45) is 6.95. The number of hydrogen-bond donors (Lipinski definition) is 1. The highest BCUT2D eigenvalue weighted by atomic mass is 16.3. The van der Waals surface area contributed by atoms with Crippen LogP contribution < -0.4 is 10.2 Å².